The standard InChI is InChI=1S/C22H24BrN3O4/c1-29-19-8-5-17(13-20(19)30-2)22(28)26-11-9-16(10-12-26)21(27)25-24-14-15-3-6-18(23)7-4-15/h3-8,13-14,16H,9-12H2,1-2H3,(H,25,27)/b24-14-. The number of nitrogens with zero attached hydrogens (tertiary/aromatic N) is 2. The van der Waals surface area contributed by atoms with E-state index in [1.165, 1.54) is 7.11 Å². The molecule has 2 aromatic rings. The molecule has 1 aliphatic rings. The maximum atomic E-state index is 12.8. The molecule has 1 saturated heterocycles. The van der Waals surface area contributed by atoms with Crippen LogP contribution in [-0.2, 0) is 4.79 Å². The van der Waals surface area contributed by atoms with Crippen LogP contribution in [0.3, 0.4) is 0 Å². The van der Waals surface area contributed by atoms with Crippen LogP contribution in [0.5, 0.6) is 11.5 Å². The molecule has 0 aliphatic carbocycles. The molecule has 0 atom stereocenters. The van der Waals surface area contributed by atoms with Gasteiger partial charge in [-0.05, 0) is 48.7 Å². The van der Waals surface area contributed by atoms with Gasteiger partial charge in [-0.2, -0.15) is 5.10 Å². The van der Waals surface area contributed by atoms with E-state index in [9.17, 15) is 9.59 Å². The van der Waals surface area contributed by atoms with Gasteiger partial charge in [-0.3, -0.25) is 9.59 Å². The Morgan fingerprint density at radius 3 is 2.37 bits per heavy atom. The minimum Gasteiger partial charge on any atom is -0.493 e. The molecule has 0 spiro atoms. The van der Waals surface area contributed by atoms with Crippen LogP contribution in [0, 0.1) is 5.92 Å². The van der Waals surface area contributed by atoms with Crippen LogP contribution in [0.15, 0.2) is 52.0 Å². The van der Waals surface area contributed by atoms with E-state index >= 15 is 0 Å². The van der Waals surface area contributed by atoms with Crippen molar-refractivity contribution in [3.63, 3.8) is 0 Å². The Morgan fingerprint density at radius 1 is 1.07 bits per heavy atom. The molecular weight excluding hydrogens is 450 g/mol. The molecular formula is C22H24BrN3O4. The molecule has 1 fully saturated rings. The fraction of sp³-hybridized carbons (Fsp3) is 0.318. The average molecular weight is 474 g/mol. The summed E-state index contributed by atoms with van der Waals surface area (Å²) in [6.07, 6.45) is 2.80. The van der Waals surface area contributed by atoms with E-state index in [1.807, 2.05) is 24.3 Å². The van der Waals surface area contributed by atoms with Gasteiger partial charge < -0.3 is 14.4 Å². The molecule has 1 heterocycles. The number of nitrogens with one attached hydrogen (secondary N) is 1. The van der Waals surface area contributed by atoms with Crippen LogP contribution >= 0.6 is 15.9 Å². The van der Waals surface area contributed by atoms with Gasteiger partial charge in [0.25, 0.3) is 5.91 Å². The molecule has 1 aliphatic heterocycles. The zero-order chi connectivity index (χ0) is 21.5. The molecule has 2 amide bonds. The Bertz CT molecular complexity index is 922. The lowest BCUT2D eigenvalue weighted by Crippen LogP contribution is -2.42. The van der Waals surface area contributed by atoms with E-state index in [0.717, 1.165) is 10.0 Å². The lowest BCUT2D eigenvalue weighted by atomic mass is 9.95. The van der Waals surface area contributed by atoms with E-state index in [2.05, 4.69) is 26.5 Å². The smallest absolute Gasteiger partial charge is 0.253 e. The molecule has 0 saturated carbocycles. The van der Waals surface area contributed by atoms with Gasteiger partial charge in [0.2, 0.25) is 5.91 Å². The maximum Gasteiger partial charge on any atom is 0.253 e. The Labute approximate surface area is 184 Å². The average Bonchev–Trinajstić information content (AvgIpc) is 2.79. The highest BCUT2D eigenvalue weighted by Crippen LogP contribution is 2.29. The zero-order valence-electron chi connectivity index (χ0n) is 16.9. The van der Waals surface area contributed by atoms with Gasteiger partial charge in [-0.1, -0.05) is 28.1 Å². The summed E-state index contributed by atoms with van der Waals surface area (Å²) >= 11 is 3.38. The summed E-state index contributed by atoms with van der Waals surface area (Å²) < 4.78 is 11.5. The maximum absolute atomic E-state index is 12.8. The van der Waals surface area contributed by atoms with Gasteiger partial charge >= 0.3 is 0 Å². The molecule has 8 heteroatoms. The van der Waals surface area contributed by atoms with Crippen molar-refractivity contribution in [2.24, 2.45) is 11.0 Å². The minimum atomic E-state index is -0.165. The van der Waals surface area contributed by atoms with Crippen molar-refractivity contribution in [3.8, 4) is 11.5 Å². The van der Waals surface area contributed by atoms with Gasteiger partial charge in [0.1, 0.15) is 0 Å². The Kier molecular flexibility index (Phi) is 7.46. The van der Waals surface area contributed by atoms with Crippen molar-refractivity contribution in [2.75, 3.05) is 27.3 Å². The molecule has 0 radical (unpaired) electrons. The first-order chi connectivity index (χ1) is 14.5. The molecule has 0 unspecified atom stereocenters. The van der Waals surface area contributed by atoms with Crippen LogP contribution in [0.1, 0.15) is 28.8 Å². The zero-order valence-corrected chi connectivity index (χ0v) is 18.5. The number of likely N-dealkylation sites (tertiary alicyclic amines) is 1. The van der Waals surface area contributed by atoms with Crippen molar-refractivity contribution >= 4 is 34.0 Å². The van der Waals surface area contributed by atoms with Gasteiger partial charge in [-0.25, -0.2) is 5.43 Å². The number of amides is 2. The largest absolute Gasteiger partial charge is 0.493 e. The number of hydrogen-bond acceptors (Lipinski definition) is 5. The molecule has 30 heavy (non-hydrogen) atoms. The molecule has 2 aromatic carbocycles. The van der Waals surface area contributed by atoms with E-state index in [4.69, 9.17) is 9.47 Å². The van der Waals surface area contributed by atoms with Crippen molar-refractivity contribution < 1.29 is 19.1 Å². The Hall–Kier alpha value is -2.87. The number of piperidine rings is 1. The van der Waals surface area contributed by atoms with Gasteiger partial charge in [-0.15, -0.1) is 0 Å². The van der Waals surface area contributed by atoms with Crippen molar-refractivity contribution in [1.29, 1.82) is 0 Å². The highest BCUT2D eigenvalue weighted by atomic mass is 79.9. The summed E-state index contributed by atoms with van der Waals surface area (Å²) in [5, 5.41) is 4.04. The number of rotatable bonds is 6. The topological polar surface area (TPSA) is 80.2 Å². The third kappa shape index (κ3) is 5.38. The predicted molar refractivity (Wildman–Crippen MR) is 118 cm³/mol. The summed E-state index contributed by atoms with van der Waals surface area (Å²) in [6.45, 7) is 1.03. The van der Waals surface area contributed by atoms with Gasteiger partial charge in [0, 0.05) is 29.0 Å². The van der Waals surface area contributed by atoms with Crippen molar-refractivity contribution in [3.05, 3.63) is 58.1 Å². The summed E-state index contributed by atoms with van der Waals surface area (Å²) in [6, 6.07) is 12.7. The lowest BCUT2D eigenvalue weighted by molar-refractivity contribution is -0.126. The second-order valence-corrected chi connectivity index (χ2v) is 7.84. The van der Waals surface area contributed by atoms with Crippen LogP contribution in [0.2, 0.25) is 0 Å². The first kappa shape index (κ1) is 21.8. The number of halogens is 1. The minimum absolute atomic E-state index is 0.0805. The van der Waals surface area contributed by atoms with E-state index in [1.54, 1.807) is 36.4 Å². The first-order valence-electron chi connectivity index (χ1n) is 9.61. The summed E-state index contributed by atoms with van der Waals surface area (Å²) in [7, 11) is 3.09. The Morgan fingerprint density at radius 2 is 1.73 bits per heavy atom. The number of hydrogen-bond donors (Lipinski definition) is 1. The first-order valence-corrected chi connectivity index (χ1v) is 10.4. The second-order valence-electron chi connectivity index (χ2n) is 6.92. The lowest BCUT2D eigenvalue weighted by Gasteiger charge is -2.31. The number of carbonyl (C=O) groups excluding carboxylic acids is 2. The highest BCUT2D eigenvalue weighted by Gasteiger charge is 2.28. The van der Waals surface area contributed by atoms with Crippen molar-refractivity contribution in [1.82, 2.24) is 10.3 Å². The molecule has 3 rings (SSSR count). The number of methoxy groups -OCH3 is 2. The van der Waals surface area contributed by atoms with Crippen LogP contribution < -0.4 is 14.9 Å². The van der Waals surface area contributed by atoms with Gasteiger partial charge in [0.05, 0.1) is 20.4 Å². The monoisotopic (exact) mass is 473 g/mol. The number of ether oxygens (including phenoxy) is 2. The second kappa shape index (κ2) is 10.2. The molecule has 158 valence electrons. The number of benzene rings is 2. The normalized spacial score (nSPS) is 14.6. The van der Waals surface area contributed by atoms with E-state index < -0.39 is 0 Å². The molecule has 1 N–H and O–H groups in total. The number of carbonyl (C=O) groups is 2. The summed E-state index contributed by atoms with van der Waals surface area (Å²) in [5.41, 5.74) is 4.04. The highest BCUT2D eigenvalue weighted by molar-refractivity contribution is 9.10. The predicted octanol–water partition coefficient (Wildman–Crippen LogP) is 3.47. The number of hydrazone groups is 1. The van der Waals surface area contributed by atoms with Crippen LogP contribution in [0.25, 0.3) is 0 Å². The van der Waals surface area contributed by atoms with Crippen LogP contribution in [-0.4, -0.2) is 50.2 Å². The SMILES string of the molecule is COc1ccc(C(=O)N2CCC(C(=O)N/N=C\c3ccc(Br)cc3)CC2)cc1OC. The third-order valence-corrected chi connectivity index (χ3v) is 5.57. The summed E-state index contributed by atoms with van der Waals surface area (Å²) in [5.74, 6) is 0.723. The Balaban J connectivity index is 1.52. The molecule has 0 aromatic heterocycles. The van der Waals surface area contributed by atoms with Crippen LogP contribution in [0.4, 0.5) is 0 Å². The van der Waals surface area contributed by atoms with Gasteiger partial charge in [0.15, 0.2) is 11.5 Å². The van der Waals surface area contributed by atoms with E-state index in [0.29, 0.717) is 43.0 Å². The third-order valence-electron chi connectivity index (χ3n) is 5.04. The van der Waals surface area contributed by atoms with Crippen molar-refractivity contribution in [2.45, 2.75) is 12.8 Å². The van der Waals surface area contributed by atoms with E-state index in [-0.39, 0.29) is 17.7 Å². The quantitative estimate of drug-likeness (QED) is 0.514. The fourth-order valence-electron chi connectivity index (χ4n) is 3.31. The summed E-state index contributed by atoms with van der Waals surface area (Å²) in [4.78, 5) is 26.9. The molecule has 0 bridgehead atoms. The molecule has 7 nitrogen and oxygen atoms in total. The fourth-order valence-corrected chi connectivity index (χ4v) is 3.57.